The van der Waals surface area contributed by atoms with E-state index in [2.05, 4.69) is 4.74 Å². The van der Waals surface area contributed by atoms with Gasteiger partial charge in [0, 0.05) is 22.9 Å². The van der Waals surface area contributed by atoms with Crippen molar-refractivity contribution >= 4 is 5.69 Å². The molecule has 0 atom stereocenters. The van der Waals surface area contributed by atoms with Gasteiger partial charge in [-0.15, -0.1) is 0 Å². The third-order valence-corrected chi connectivity index (χ3v) is 2.59. The summed E-state index contributed by atoms with van der Waals surface area (Å²) in [5.74, 6) is -0.469. The molecule has 0 aliphatic carbocycles. The third-order valence-electron chi connectivity index (χ3n) is 2.59. The van der Waals surface area contributed by atoms with Gasteiger partial charge in [-0.1, -0.05) is 18.2 Å². The van der Waals surface area contributed by atoms with E-state index in [0.29, 0.717) is 5.56 Å². The molecular weight excluding hydrogens is 274 g/mol. The van der Waals surface area contributed by atoms with E-state index in [1.54, 1.807) is 6.07 Å². The van der Waals surface area contributed by atoms with E-state index in [0.717, 1.165) is 0 Å². The van der Waals surface area contributed by atoms with E-state index < -0.39 is 18.6 Å². The third kappa shape index (κ3) is 3.40. The van der Waals surface area contributed by atoms with Crippen molar-refractivity contribution in [2.24, 2.45) is 0 Å². The molecule has 0 fully saturated rings. The Kier molecular flexibility index (Phi) is 3.83. The van der Waals surface area contributed by atoms with Crippen molar-refractivity contribution in [2.45, 2.75) is 6.18 Å². The highest BCUT2D eigenvalue weighted by Crippen LogP contribution is 2.31. The van der Waals surface area contributed by atoms with E-state index in [-0.39, 0.29) is 17.0 Å². The van der Waals surface area contributed by atoms with Crippen LogP contribution in [0.5, 0.6) is 5.75 Å². The standard InChI is InChI=1S/C14H11F4NO/c15-12-4-2-1-3-10(12)11-6-5-9(7-13(11)19)20-8-14(16,17)18/h1-7H,8,19H2. The van der Waals surface area contributed by atoms with Crippen LogP contribution < -0.4 is 10.5 Å². The number of nitrogens with two attached hydrogens (primary N) is 1. The predicted octanol–water partition coefficient (Wildman–Crippen LogP) is 4.02. The van der Waals surface area contributed by atoms with Crippen LogP contribution in [0.2, 0.25) is 0 Å². The molecule has 2 aromatic carbocycles. The zero-order valence-corrected chi connectivity index (χ0v) is 10.2. The average Bonchev–Trinajstić information content (AvgIpc) is 2.37. The van der Waals surface area contributed by atoms with Crippen LogP contribution in [0, 0.1) is 5.82 Å². The summed E-state index contributed by atoms with van der Waals surface area (Å²) < 4.78 is 54.3. The minimum Gasteiger partial charge on any atom is -0.484 e. The number of hydrogen-bond acceptors (Lipinski definition) is 2. The van der Waals surface area contributed by atoms with Crippen molar-refractivity contribution in [1.29, 1.82) is 0 Å². The first kappa shape index (κ1) is 14.2. The average molecular weight is 285 g/mol. The minimum absolute atomic E-state index is 0.0140. The van der Waals surface area contributed by atoms with Crippen LogP contribution in [0.1, 0.15) is 0 Å². The molecule has 0 spiro atoms. The Bertz CT molecular complexity index is 610. The summed E-state index contributed by atoms with van der Waals surface area (Å²) in [5, 5.41) is 0. The molecule has 0 aliphatic heterocycles. The number of hydrogen-bond donors (Lipinski definition) is 1. The van der Waals surface area contributed by atoms with Gasteiger partial charge in [0.1, 0.15) is 11.6 Å². The zero-order valence-electron chi connectivity index (χ0n) is 10.2. The first-order valence-electron chi connectivity index (χ1n) is 5.71. The van der Waals surface area contributed by atoms with Crippen molar-refractivity contribution in [1.82, 2.24) is 0 Å². The lowest BCUT2D eigenvalue weighted by molar-refractivity contribution is -0.153. The van der Waals surface area contributed by atoms with E-state index >= 15 is 0 Å². The van der Waals surface area contributed by atoms with Crippen molar-refractivity contribution in [3.8, 4) is 16.9 Å². The first-order chi connectivity index (χ1) is 9.37. The lowest BCUT2D eigenvalue weighted by Crippen LogP contribution is -2.19. The quantitative estimate of drug-likeness (QED) is 0.683. The fourth-order valence-corrected chi connectivity index (χ4v) is 1.72. The Morgan fingerprint density at radius 3 is 2.30 bits per heavy atom. The highest BCUT2D eigenvalue weighted by molar-refractivity contribution is 5.77. The summed E-state index contributed by atoms with van der Waals surface area (Å²) in [6.45, 7) is -1.40. The Labute approximate surface area is 112 Å². The molecule has 20 heavy (non-hydrogen) atoms. The Balaban J connectivity index is 2.25. The van der Waals surface area contributed by atoms with Crippen LogP contribution in [-0.4, -0.2) is 12.8 Å². The summed E-state index contributed by atoms with van der Waals surface area (Å²) in [4.78, 5) is 0. The van der Waals surface area contributed by atoms with Crippen molar-refractivity contribution in [3.05, 3.63) is 48.3 Å². The SMILES string of the molecule is Nc1cc(OCC(F)(F)F)ccc1-c1ccccc1F. The summed E-state index contributed by atoms with van der Waals surface area (Å²) in [6, 6.07) is 10.00. The van der Waals surface area contributed by atoms with Crippen LogP contribution >= 0.6 is 0 Å². The Morgan fingerprint density at radius 2 is 1.70 bits per heavy atom. The van der Waals surface area contributed by atoms with E-state index in [1.165, 1.54) is 36.4 Å². The molecule has 2 N–H and O–H groups in total. The lowest BCUT2D eigenvalue weighted by atomic mass is 10.0. The molecule has 0 saturated heterocycles. The summed E-state index contributed by atoms with van der Waals surface area (Å²) >= 11 is 0. The second-order valence-corrected chi connectivity index (χ2v) is 4.13. The second-order valence-electron chi connectivity index (χ2n) is 4.13. The molecule has 0 bridgehead atoms. The van der Waals surface area contributed by atoms with Crippen LogP contribution in [-0.2, 0) is 0 Å². The monoisotopic (exact) mass is 285 g/mol. The van der Waals surface area contributed by atoms with Gasteiger partial charge in [-0.2, -0.15) is 13.2 Å². The van der Waals surface area contributed by atoms with Crippen LogP contribution in [0.3, 0.4) is 0 Å². The van der Waals surface area contributed by atoms with Gasteiger partial charge < -0.3 is 10.5 Å². The molecule has 0 amide bonds. The van der Waals surface area contributed by atoms with Gasteiger partial charge in [0.15, 0.2) is 6.61 Å². The summed E-state index contributed by atoms with van der Waals surface area (Å²) in [5.41, 5.74) is 6.57. The fraction of sp³-hybridized carbons (Fsp3) is 0.143. The molecule has 0 aromatic heterocycles. The van der Waals surface area contributed by atoms with Crippen LogP contribution in [0.25, 0.3) is 11.1 Å². The molecule has 0 radical (unpaired) electrons. The van der Waals surface area contributed by atoms with Gasteiger partial charge in [0.25, 0.3) is 0 Å². The summed E-state index contributed by atoms with van der Waals surface area (Å²) in [6.07, 6.45) is -4.42. The van der Waals surface area contributed by atoms with Crippen LogP contribution in [0.4, 0.5) is 23.2 Å². The minimum atomic E-state index is -4.42. The van der Waals surface area contributed by atoms with Gasteiger partial charge in [-0.05, 0) is 18.2 Å². The molecule has 0 heterocycles. The lowest BCUT2D eigenvalue weighted by Gasteiger charge is -2.12. The van der Waals surface area contributed by atoms with E-state index in [1.807, 2.05) is 0 Å². The zero-order chi connectivity index (χ0) is 14.8. The number of benzene rings is 2. The Hall–Kier alpha value is -2.24. The molecular formula is C14H11F4NO. The fourth-order valence-electron chi connectivity index (χ4n) is 1.72. The molecule has 2 aromatic rings. The highest BCUT2D eigenvalue weighted by Gasteiger charge is 2.28. The molecule has 6 heteroatoms. The number of rotatable bonds is 3. The molecule has 106 valence electrons. The summed E-state index contributed by atoms with van der Waals surface area (Å²) in [7, 11) is 0. The van der Waals surface area contributed by atoms with Gasteiger partial charge in [0.2, 0.25) is 0 Å². The number of alkyl halides is 3. The second kappa shape index (κ2) is 5.40. The van der Waals surface area contributed by atoms with Gasteiger partial charge in [0.05, 0.1) is 0 Å². The van der Waals surface area contributed by atoms with Crippen molar-refractivity contribution in [3.63, 3.8) is 0 Å². The van der Waals surface area contributed by atoms with E-state index in [4.69, 9.17) is 5.73 Å². The maximum Gasteiger partial charge on any atom is 0.422 e. The Morgan fingerprint density at radius 1 is 1.00 bits per heavy atom. The first-order valence-corrected chi connectivity index (χ1v) is 5.71. The van der Waals surface area contributed by atoms with Crippen molar-refractivity contribution in [2.75, 3.05) is 12.3 Å². The maximum absolute atomic E-state index is 13.6. The van der Waals surface area contributed by atoms with Gasteiger partial charge in [-0.25, -0.2) is 4.39 Å². The smallest absolute Gasteiger partial charge is 0.422 e. The van der Waals surface area contributed by atoms with Crippen LogP contribution in [0.15, 0.2) is 42.5 Å². The topological polar surface area (TPSA) is 35.2 Å². The van der Waals surface area contributed by atoms with Gasteiger partial charge >= 0.3 is 6.18 Å². The highest BCUT2D eigenvalue weighted by atomic mass is 19.4. The van der Waals surface area contributed by atoms with Gasteiger partial charge in [-0.3, -0.25) is 0 Å². The normalized spacial score (nSPS) is 11.4. The largest absolute Gasteiger partial charge is 0.484 e. The number of nitrogen functional groups attached to an aromatic ring is 1. The van der Waals surface area contributed by atoms with E-state index in [9.17, 15) is 17.6 Å². The number of anilines is 1. The number of ether oxygens (including phenoxy) is 1. The maximum atomic E-state index is 13.6. The molecule has 0 aliphatic rings. The molecule has 2 rings (SSSR count). The predicted molar refractivity (Wildman–Crippen MR) is 67.8 cm³/mol. The van der Waals surface area contributed by atoms with Crippen molar-refractivity contribution < 1.29 is 22.3 Å². The molecule has 0 unspecified atom stereocenters. The number of halogens is 4. The molecule has 2 nitrogen and oxygen atoms in total. The molecule has 0 saturated carbocycles.